The molecule has 1 aliphatic heterocycles. The first-order chi connectivity index (χ1) is 18.5. The predicted molar refractivity (Wildman–Crippen MR) is 148 cm³/mol. The smallest absolute Gasteiger partial charge is 0.246 e. The van der Waals surface area contributed by atoms with Gasteiger partial charge in [0.2, 0.25) is 17.6 Å². The molecule has 1 unspecified atom stereocenters. The average molecular weight is 528 g/mol. The van der Waals surface area contributed by atoms with Crippen LogP contribution in [0.4, 0.5) is 0 Å². The summed E-state index contributed by atoms with van der Waals surface area (Å²) in [5.74, 6) is 1.37. The Morgan fingerprint density at radius 1 is 1.05 bits per heavy atom. The molecule has 1 saturated heterocycles. The highest BCUT2D eigenvalue weighted by Gasteiger charge is 2.29. The lowest BCUT2D eigenvalue weighted by molar-refractivity contribution is -0.138. The van der Waals surface area contributed by atoms with E-state index in [0.29, 0.717) is 36.4 Å². The van der Waals surface area contributed by atoms with Crippen LogP contribution in [-0.4, -0.2) is 67.8 Å². The third-order valence-corrected chi connectivity index (χ3v) is 7.35. The van der Waals surface area contributed by atoms with Crippen molar-refractivity contribution in [3.05, 3.63) is 90.2 Å². The van der Waals surface area contributed by atoms with Crippen molar-refractivity contribution < 1.29 is 14.0 Å². The number of nitrogens with zero attached hydrogens (tertiary/aromatic N) is 5. The minimum absolute atomic E-state index is 0.00659. The lowest BCUT2D eigenvalue weighted by Gasteiger charge is -2.39. The Hall–Kier alpha value is -4.11. The van der Waals surface area contributed by atoms with Gasteiger partial charge in [-0.15, -0.1) is 10.2 Å². The molecular formula is C29H29N5O3S. The van der Waals surface area contributed by atoms with Gasteiger partial charge in [0.1, 0.15) is 0 Å². The van der Waals surface area contributed by atoms with Crippen LogP contribution in [0.3, 0.4) is 0 Å². The van der Waals surface area contributed by atoms with Crippen molar-refractivity contribution in [2.75, 3.05) is 25.4 Å². The molecule has 2 amide bonds. The Morgan fingerprint density at radius 3 is 2.63 bits per heavy atom. The molecule has 9 heteroatoms. The van der Waals surface area contributed by atoms with Crippen LogP contribution in [0.2, 0.25) is 0 Å². The lowest BCUT2D eigenvalue weighted by atomic mass is 10.1. The molecule has 1 aliphatic rings. The molecule has 0 spiro atoms. The summed E-state index contributed by atoms with van der Waals surface area (Å²) < 4.78 is 7.50. The first kappa shape index (κ1) is 25.5. The monoisotopic (exact) mass is 527 g/mol. The normalized spacial score (nSPS) is 15.8. The highest BCUT2D eigenvalue weighted by molar-refractivity contribution is 7.99. The van der Waals surface area contributed by atoms with Gasteiger partial charge in [0.15, 0.2) is 10.9 Å². The Kier molecular flexibility index (Phi) is 7.74. The fraction of sp³-hybridized carbons (Fsp3) is 0.241. The Labute approximate surface area is 226 Å². The highest BCUT2D eigenvalue weighted by Crippen LogP contribution is 2.29. The van der Waals surface area contributed by atoms with Crippen molar-refractivity contribution in [1.82, 2.24) is 24.6 Å². The fourth-order valence-corrected chi connectivity index (χ4v) is 5.34. The quantitative estimate of drug-likeness (QED) is 0.256. The number of aryl methyl sites for hydroxylation is 1. The maximum Gasteiger partial charge on any atom is 0.246 e. The molecule has 0 aliphatic carbocycles. The van der Waals surface area contributed by atoms with Gasteiger partial charge in [0, 0.05) is 31.8 Å². The van der Waals surface area contributed by atoms with Crippen LogP contribution in [0.25, 0.3) is 23.3 Å². The first-order valence-corrected chi connectivity index (χ1v) is 13.5. The van der Waals surface area contributed by atoms with Crippen LogP contribution in [0.5, 0.6) is 0 Å². The third kappa shape index (κ3) is 5.73. The molecule has 194 valence electrons. The standard InChI is InChI=1S/C29H29N5O3S/c1-21-8-6-11-24(18-21)34-28(25-12-7-17-37-25)30-31-29(34)38-20-27(36)32-15-16-33(22(2)19-32)26(35)14-13-23-9-4-3-5-10-23/h3-14,17-18,22H,15-16,19-20H2,1-2H3/b14-13+. The van der Waals surface area contributed by atoms with Crippen molar-refractivity contribution in [3.63, 3.8) is 0 Å². The van der Waals surface area contributed by atoms with E-state index >= 15 is 0 Å². The van der Waals surface area contributed by atoms with Gasteiger partial charge >= 0.3 is 0 Å². The second kappa shape index (κ2) is 11.5. The number of hydrogen-bond acceptors (Lipinski definition) is 6. The van der Waals surface area contributed by atoms with Gasteiger partial charge in [-0.1, -0.05) is 54.2 Å². The van der Waals surface area contributed by atoms with Crippen molar-refractivity contribution in [2.24, 2.45) is 0 Å². The average Bonchev–Trinajstić information content (AvgIpc) is 3.61. The Balaban J connectivity index is 1.23. The largest absolute Gasteiger partial charge is 0.461 e. The van der Waals surface area contributed by atoms with E-state index in [9.17, 15) is 9.59 Å². The maximum atomic E-state index is 13.2. The zero-order valence-corrected chi connectivity index (χ0v) is 22.2. The molecule has 2 aromatic carbocycles. The van der Waals surface area contributed by atoms with Crippen LogP contribution in [0.15, 0.2) is 88.6 Å². The molecule has 2 aromatic heterocycles. The number of aromatic nitrogens is 3. The van der Waals surface area contributed by atoms with Crippen LogP contribution in [0, 0.1) is 6.92 Å². The van der Waals surface area contributed by atoms with Crippen LogP contribution in [0.1, 0.15) is 18.1 Å². The number of rotatable bonds is 7. The van der Waals surface area contributed by atoms with E-state index in [1.807, 2.05) is 101 Å². The van der Waals surface area contributed by atoms with E-state index in [0.717, 1.165) is 16.8 Å². The summed E-state index contributed by atoms with van der Waals surface area (Å²) in [6.07, 6.45) is 5.03. The van der Waals surface area contributed by atoms with Gasteiger partial charge in [-0.05, 0) is 55.3 Å². The molecule has 0 radical (unpaired) electrons. The summed E-state index contributed by atoms with van der Waals surface area (Å²) in [7, 11) is 0. The summed E-state index contributed by atoms with van der Waals surface area (Å²) in [6.45, 7) is 5.49. The summed E-state index contributed by atoms with van der Waals surface area (Å²) in [6, 6.07) is 21.4. The third-order valence-electron chi connectivity index (χ3n) is 6.44. The van der Waals surface area contributed by atoms with Gasteiger partial charge in [0.05, 0.1) is 17.7 Å². The second-order valence-corrected chi connectivity index (χ2v) is 10.2. The zero-order chi connectivity index (χ0) is 26.5. The predicted octanol–water partition coefficient (Wildman–Crippen LogP) is 4.70. The minimum atomic E-state index is -0.0767. The van der Waals surface area contributed by atoms with Gasteiger partial charge in [-0.25, -0.2) is 0 Å². The molecule has 0 saturated carbocycles. The van der Waals surface area contributed by atoms with Gasteiger partial charge in [-0.2, -0.15) is 0 Å². The second-order valence-electron chi connectivity index (χ2n) is 9.21. The van der Waals surface area contributed by atoms with Gasteiger partial charge in [0.25, 0.3) is 0 Å². The molecule has 1 fully saturated rings. The number of benzene rings is 2. The fourth-order valence-electron chi connectivity index (χ4n) is 4.49. The summed E-state index contributed by atoms with van der Waals surface area (Å²) in [5, 5.41) is 9.35. The van der Waals surface area contributed by atoms with E-state index in [1.54, 1.807) is 12.3 Å². The molecule has 3 heterocycles. The molecule has 38 heavy (non-hydrogen) atoms. The van der Waals surface area contributed by atoms with E-state index < -0.39 is 0 Å². The number of amides is 2. The van der Waals surface area contributed by atoms with E-state index in [-0.39, 0.29) is 23.6 Å². The van der Waals surface area contributed by atoms with E-state index in [4.69, 9.17) is 4.42 Å². The van der Waals surface area contributed by atoms with Crippen LogP contribution >= 0.6 is 11.8 Å². The molecular weight excluding hydrogens is 498 g/mol. The molecule has 4 aromatic rings. The van der Waals surface area contributed by atoms with Crippen molar-refractivity contribution in [1.29, 1.82) is 0 Å². The number of piperazine rings is 1. The number of carbonyl (C=O) groups excluding carboxylic acids is 2. The van der Waals surface area contributed by atoms with E-state index in [2.05, 4.69) is 10.2 Å². The topological polar surface area (TPSA) is 84.5 Å². The van der Waals surface area contributed by atoms with Crippen molar-refractivity contribution in [3.8, 4) is 17.3 Å². The minimum Gasteiger partial charge on any atom is -0.461 e. The molecule has 8 nitrogen and oxygen atoms in total. The van der Waals surface area contributed by atoms with Crippen LogP contribution < -0.4 is 0 Å². The zero-order valence-electron chi connectivity index (χ0n) is 21.4. The maximum absolute atomic E-state index is 13.2. The lowest BCUT2D eigenvalue weighted by Crippen LogP contribution is -2.55. The number of furan rings is 1. The van der Waals surface area contributed by atoms with Gasteiger partial charge in [-0.3, -0.25) is 14.2 Å². The molecule has 5 rings (SSSR count). The number of thioether (sulfide) groups is 1. The summed E-state index contributed by atoms with van der Waals surface area (Å²) in [4.78, 5) is 29.6. The molecule has 0 bridgehead atoms. The number of carbonyl (C=O) groups is 2. The Morgan fingerprint density at radius 2 is 1.89 bits per heavy atom. The highest BCUT2D eigenvalue weighted by atomic mass is 32.2. The number of hydrogen-bond donors (Lipinski definition) is 0. The van der Waals surface area contributed by atoms with Crippen LogP contribution in [-0.2, 0) is 9.59 Å². The van der Waals surface area contributed by atoms with Crippen molar-refractivity contribution >= 4 is 29.7 Å². The molecule has 1 atom stereocenters. The van der Waals surface area contributed by atoms with E-state index in [1.165, 1.54) is 11.8 Å². The SMILES string of the molecule is Cc1cccc(-n2c(SCC(=O)N3CCN(C(=O)/C=C/c4ccccc4)C(C)C3)nnc2-c2ccco2)c1. The van der Waals surface area contributed by atoms with Crippen molar-refractivity contribution in [2.45, 2.75) is 25.0 Å². The summed E-state index contributed by atoms with van der Waals surface area (Å²) >= 11 is 1.35. The molecule has 0 N–H and O–H groups in total. The first-order valence-electron chi connectivity index (χ1n) is 12.5. The summed E-state index contributed by atoms with van der Waals surface area (Å²) in [5.41, 5.74) is 2.99. The van der Waals surface area contributed by atoms with Gasteiger partial charge < -0.3 is 14.2 Å². The Bertz CT molecular complexity index is 1430.